The summed E-state index contributed by atoms with van der Waals surface area (Å²) in [5.74, 6) is 2.07. The lowest BCUT2D eigenvalue weighted by Crippen LogP contribution is -2.17. The van der Waals surface area contributed by atoms with Crippen molar-refractivity contribution in [3.05, 3.63) is 17.5 Å². The first-order valence-electron chi connectivity index (χ1n) is 5.55. The monoisotopic (exact) mass is 207 g/mol. The van der Waals surface area contributed by atoms with Crippen molar-refractivity contribution in [3.63, 3.8) is 0 Å². The van der Waals surface area contributed by atoms with Gasteiger partial charge < -0.3 is 5.32 Å². The second kappa shape index (κ2) is 5.10. The highest BCUT2D eigenvalue weighted by molar-refractivity contribution is 5.27. The first-order valence-corrected chi connectivity index (χ1v) is 5.55. The maximum absolute atomic E-state index is 4.34. The van der Waals surface area contributed by atoms with Crippen LogP contribution in [0.25, 0.3) is 0 Å². The molecule has 0 spiro atoms. The molecule has 0 fully saturated rings. The molecule has 0 amide bonds. The van der Waals surface area contributed by atoms with Crippen molar-refractivity contribution >= 4 is 5.95 Å². The molecule has 15 heavy (non-hydrogen) atoms. The minimum absolute atomic E-state index is 0.634. The van der Waals surface area contributed by atoms with Crippen molar-refractivity contribution in [1.82, 2.24) is 9.97 Å². The molecule has 1 aromatic rings. The van der Waals surface area contributed by atoms with Gasteiger partial charge in [0.15, 0.2) is 0 Å². The van der Waals surface area contributed by atoms with E-state index >= 15 is 0 Å². The minimum Gasteiger partial charge on any atom is -0.354 e. The summed E-state index contributed by atoms with van der Waals surface area (Å²) in [5, 5.41) is 3.29. The van der Waals surface area contributed by atoms with Gasteiger partial charge in [0.25, 0.3) is 0 Å². The summed E-state index contributed by atoms with van der Waals surface area (Å²) in [7, 11) is 0. The lowest BCUT2D eigenvalue weighted by Gasteiger charge is -2.16. The zero-order valence-electron chi connectivity index (χ0n) is 10.3. The van der Waals surface area contributed by atoms with Gasteiger partial charge in [0, 0.05) is 17.9 Å². The van der Waals surface area contributed by atoms with Gasteiger partial charge in [-0.2, -0.15) is 0 Å². The van der Waals surface area contributed by atoms with Crippen molar-refractivity contribution in [2.24, 2.45) is 11.8 Å². The Kier molecular flexibility index (Phi) is 4.06. The highest BCUT2D eigenvalue weighted by Crippen LogP contribution is 2.10. The molecule has 84 valence electrons. The summed E-state index contributed by atoms with van der Waals surface area (Å²) in [6.45, 7) is 11.6. The Bertz CT molecular complexity index is 300. The molecule has 0 radical (unpaired) electrons. The van der Waals surface area contributed by atoms with Crippen molar-refractivity contribution < 1.29 is 0 Å². The Hall–Kier alpha value is -1.12. The van der Waals surface area contributed by atoms with Crippen LogP contribution in [0.15, 0.2) is 6.07 Å². The first kappa shape index (κ1) is 12.0. The van der Waals surface area contributed by atoms with Crippen LogP contribution in [0.1, 0.15) is 32.2 Å². The standard InChI is InChI=1S/C12H21N3/c1-8(2)9(3)7-13-12-14-10(4)6-11(5)15-12/h6,8-9H,7H2,1-5H3,(H,13,14,15). The molecular formula is C12H21N3. The van der Waals surface area contributed by atoms with Crippen LogP contribution in [0.5, 0.6) is 0 Å². The third-order valence-corrected chi connectivity index (χ3v) is 2.70. The molecular weight excluding hydrogens is 186 g/mol. The van der Waals surface area contributed by atoms with Crippen LogP contribution >= 0.6 is 0 Å². The third kappa shape index (κ3) is 3.86. The fraction of sp³-hybridized carbons (Fsp3) is 0.667. The summed E-state index contributed by atoms with van der Waals surface area (Å²) in [4.78, 5) is 8.69. The van der Waals surface area contributed by atoms with Crippen molar-refractivity contribution in [2.45, 2.75) is 34.6 Å². The smallest absolute Gasteiger partial charge is 0.223 e. The second-order valence-electron chi connectivity index (χ2n) is 4.58. The molecule has 0 aromatic carbocycles. The molecule has 3 nitrogen and oxygen atoms in total. The molecule has 0 saturated carbocycles. The topological polar surface area (TPSA) is 37.8 Å². The van der Waals surface area contributed by atoms with Crippen LogP contribution in [0.2, 0.25) is 0 Å². The Morgan fingerprint density at radius 2 is 1.67 bits per heavy atom. The van der Waals surface area contributed by atoms with E-state index in [4.69, 9.17) is 0 Å². The number of anilines is 1. The van der Waals surface area contributed by atoms with Crippen LogP contribution in [-0.2, 0) is 0 Å². The zero-order chi connectivity index (χ0) is 11.4. The zero-order valence-corrected chi connectivity index (χ0v) is 10.3. The number of aromatic nitrogens is 2. The number of rotatable bonds is 4. The van der Waals surface area contributed by atoms with E-state index in [0.717, 1.165) is 23.9 Å². The quantitative estimate of drug-likeness (QED) is 0.825. The van der Waals surface area contributed by atoms with Crippen molar-refractivity contribution in [1.29, 1.82) is 0 Å². The Labute approximate surface area is 92.3 Å². The van der Waals surface area contributed by atoms with Gasteiger partial charge in [-0.15, -0.1) is 0 Å². The van der Waals surface area contributed by atoms with Gasteiger partial charge in [0.2, 0.25) is 5.95 Å². The molecule has 0 aliphatic heterocycles. The number of aryl methyl sites for hydroxylation is 2. The van der Waals surface area contributed by atoms with Crippen molar-refractivity contribution in [3.8, 4) is 0 Å². The Balaban J connectivity index is 2.57. The summed E-state index contributed by atoms with van der Waals surface area (Å²) in [5.41, 5.74) is 2.03. The van der Waals surface area contributed by atoms with Gasteiger partial charge in [0.05, 0.1) is 0 Å². The van der Waals surface area contributed by atoms with Gasteiger partial charge >= 0.3 is 0 Å². The second-order valence-corrected chi connectivity index (χ2v) is 4.58. The van der Waals surface area contributed by atoms with E-state index < -0.39 is 0 Å². The lowest BCUT2D eigenvalue weighted by molar-refractivity contribution is 0.439. The van der Waals surface area contributed by atoms with Crippen LogP contribution in [-0.4, -0.2) is 16.5 Å². The molecule has 0 aliphatic carbocycles. The number of hydrogen-bond donors (Lipinski definition) is 1. The minimum atomic E-state index is 0.634. The van der Waals surface area contributed by atoms with Gasteiger partial charge in [-0.3, -0.25) is 0 Å². The summed E-state index contributed by atoms with van der Waals surface area (Å²) < 4.78 is 0. The molecule has 1 rings (SSSR count). The highest BCUT2D eigenvalue weighted by Gasteiger charge is 2.07. The van der Waals surface area contributed by atoms with E-state index in [-0.39, 0.29) is 0 Å². The predicted octanol–water partition coefficient (Wildman–Crippen LogP) is 2.80. The fourth-order valence-electron chi connectivity index (χ4n) is 1.29. The fourth-order valence-corrected chi connectivity index (χ4v) is 1.29. The molecule has 0 bridgehead atoms. The van der Waals surface area contributed by atoms with Gasteiger partial charge in [-0.05, 0) is 31.7 Å². The molecule has 0 saturated heterocycles. The van der Waals surface area contributed by atoms with E-state index in [9.17, 15) is 0 Å². The predicted molar refractivity (Wildman–Crippen MR) is 64.0 cm³/mol. The average molecular weight is 207 g/mol. The number of hydrogen-bond acceptors (Lipinski definition) is 3. The van der Waals surface area contributed by atoms with E-state index in [2.05, 4.69) is 36.1 Å². The molecule has 3 heteroatoms. The largest absolute Gasteiger partial charge is 0.354 e. The average Bonchev–Trinajstić information content (AvgIpc) is 2.12. The van der Waals surface area contributed by atoms with E-state index in [1.54, 1.807) is 0 Å². The van der Waals surface area contributed by atoms with E-state index in [0.29, 0.717) is 11.8 Å². The van der Waals surface area contributed by atoms with E-state index in [1.165, 1.54) is 0 Å². The van der Waals surface area contributed by atoms with Crippen LogP contribution in [0, 0.1) is 25.7 Å². The molecule has 1 heterocycles. The van der Waals surface area contributed by atoms with Crippen LogP contribution < -0.4 is 5.32 Å². The van der Waals surface area contributed by atoms with Crippen molar-refractivity contribution in [2.75, 3.05) is 11.9 Å². The van der Waals surface area contributed by atoms with E-state index in [1.807, 2.05) is 19.9 Å². The van der Waals surface area contributed by atoms with Gasteiger partial charge in [0.1, 0.15) is 0 Å². The van der Waals surface area contributed by atoms with Gasteiger partial charge in [-0.25, -0.2) is 9.97 Å². The third-order valence-electron chi connectivity index (χ3n) is 2.70. The summed E-state index contributed by atoms with van der Waals surface area (Å²) >= 11 is 0. The van der Waals surface area contributed by atoms with Crippen LogP contribution in [0.4, 0.5) is 5.95 Å². The lowest BCUT2D eigenvalue weighted by atomic mass is 9.98. The Morgan fingerprint density at radius 3 is 2.13 bits per heavy atom. The highest BCUT2D eigenvalue weighted by atomic mass is 15.1. The van der Waals surface area contributed by atoms with Crippen LogP contribution in [0.3, 0.4) is 0 Å². The SMILES string of the molecule is Cc1cc(C)nc(NCC(C)C(C)C)n1. The summed E-state index contributed by atoms with van der Waals surface area (Å²) in [6.07, 6.45) is 0. The summed E-state index contributed by atoms with van der Waals surface area (Å²) in [6, 6.07) is 1.98. The number of nitrogens with one attached hydrogen (secondary N) is 1. The first-order chi connectivity index (χ1) is 6.99. The molecule has 1 N–H and O–H groups in total. The number of nitrogens with zero attached hydrogens (tertiary/aromatic N) is 2. The molecule has 1 aromatic heterocycles. The normalized spacial score (nSPS) is 12.9. The maximum atomic E-state index is 4.34. The maximum Gasteiger partial charge on any atom is 0.223 e. The molecule has 0 aliphatic rings. The molecule has 1 atom stereocenters. The molecule has 1 unspecified atom stereocenters. The Morgan fingerprint density at radius 1 is 1.13 bits per heavy atom. The van der Waals surface area contributed by atoms with Gasteiger partial charge in [-0.1, -0.05) is 20.8 Å².